The van der Waals surface area contributed by atoms with Crippen molar-refractivity contribution >= 4 is 24.1 Å². The molecular weight excluding hydrogens is 316 g/mol. The number of carbonyl (C=O) groups is 2. The van der Waals surface area contributed by atoms with Gasteiger partial charge in [-0.15, -0.1) is 0 Å². The van der Waals surface area contributed by atoms with E-state index in [9.17, 15) is 9.59 Å². The van der Waals surface area contributed by atoms with Crippen molar-refractivity contribution in [3.63, 3.8) is 0 Å². The molecule has 1 saturated heterocycles. The molecule has 0 radical (unpaired) electrons. The van der Waals surface area contributed by atoms with Crippen molar-refractivity contribution in [1.29, 1.82) is 0 Å². The first kappa shape index (κ1) is 17.7. The average Bonchev–Trinajstić information content (AvgIpc) is 2.89. The van der Waals surface area contributed by atoms with Gasteiger partial charge in [0.1, 0.15) is 12.4 Å². The largest absolute Gasteiger partial charge is 0.466 e. The summed E-state index contributed by atoms with van der Waals surface area (Å²) in [5.41, 5.74) is 0. The van der Waals surface area contributed by atoms with Crippen molar-refractivity contribution in [3.8, 4) is 0 Å². The number of aromatic nitrogens is 3. The van der Waals surface area contributed by atoms with Gasteiger partial charge in [-0.3, -0.25) is 19.3 Å². The molecule has 1 unspecified atom stereocenters. The van der Waals surface area contributed by atoms with Crippen LogP contribution in [0.4, 0.5) is 0 Å². The zero-order valence-electron chi connectivity index (χ0n) is 13.7. The molecule has 1 fully saturated rings. The fraction of sp³-hybridized carbons (Fsp3) is 0.733. The van der Waals surface area contributed by atoms with Gasteiger partial charge in [0, 0.05) is 19.5 Å². The van der Waals surface area contributed by atoms with Gasteiger partial charge < -0.3 is 9.64 Å². The predicted octanol–water partition coefficient (Wildman–Crippen LogP) is 1.69. The summed E-state index contributed by atoms with van der Waals surface area (Å²) in [7, 11) is 0. The van der Waals surface area contributed by atoms with Gasteiger partial charge in [-0.05, 0) is 38.4 Å². The minimum atomic E-state index is -0.222. The Morgan fingerprint density at radius 2 is 2.22 bits per heavy atom. The van der Waals surface area contributed by atoms with Crippen LogP contribution in [-0.2, 0) is 27.3 Å². The number of amides is 1. The molecule has 0 saturated carbocycles. The van der Waals surface area contributed by atoms with Crippen LogP contribution in [0.5, 0.6) is 0 Å². The molecule has 1 aliphatic rings. The molecule has 7 nitrogen and oxygen atoms in total. The normalized spacial score (nSPS) is 18.0. The Bertz CT molecular complexity index is 610. The average molecular weight is 340 g/mol. The van der Waals surface area contributed by atoms with E-state index in [2.05, 4.69) is 17.1 Å². The van der Waals surface area contributed by atoms with Gasteiger partial charge in [0.15, 0.2) is 4.77 Å². The second-order valence-corrected chi connectivity index (χ2v) is 6.10. The molecule has 0 spiro atoms. The number of esters is 1. The number of ether oxygens (including phenoxy) is 1. The van der Waals surface area contributed by atoms with Crippen LogP contribution in [0.25, 0.3) is 0 Å². The van der Waals surface area contributed by atoms with Gasteiger partial charge in [0.2, 0.25) is 5.91 Å². The van der Waals surface area contributed by atoms with Gasteiger partial charge in [0.05, 0.1) is 12.5 Å². The van der Waals surface area contributed by atoms with Crippen LogP contribution in [0.15, 0.2) is 0 Å². The summed E-state index contributed by atoms with van der Waals surface area (Å²) in [6.07, 6.45) is 3.29. The standard InChI is InChI=1S/C15H24N4O3S/c1-3-6-12-16-17-15(23)19(12)10-13(20)18-8-5-7-11(9-18)14(21)22-4-2/h11H,3-10H2,1-2H3,(H,17,23). The fourth-order valence-corrected chi connectivity index (χ4v) is 3.03. The van der Waals surface area contributed by atoms with Crippen LogP contribution < -0.4 is 0 Å². The number of nitrogens with zero attached hydrogens (tertiary/aromatic N) is 3. The number of aromatic amines is 1. The number of aryl methyl sites for hydroxylation is 1. The highest BCUT2D eigenvalue weighted by molar-refractivity contribution is 7.71. The maximum atomic E-state index is 12.6. The number of H-pyrrole nitrogens is 1. The molecule has 1 aromatic heterocycles. The topological polar surface area (TPSA) is 80.2 Å². The van der Waals surface area contributed by atoms with E-state index >= 15 is 0 Å². The first-order valence-corrected chi connectivity index (χ1v) is 8.56. The quantitative estimate of drug-likeness (QED) is 0.630. The lowest BCUT2D eigenvalue weighted by molar-refractivity contribution is -0.151. The predicted molar refractivity (Wildman–Crippen MR) is 87.3 cm³/mol. The van der Waals surface area contributed by atoms with Crippen molar-refractivity contribution in [3.05, 3.63) is 10.6 Å². The molecule has 1 aliphatic heterocycles. The summed E-state index contributed by atoms with van der Waals surface area (Å²) >= 11 is 5.21. The van der Waals surface area contributed by atoms with E-state index in [-0.39, 0.29) is 24.3 Å². The molecule has 0 bridgehead atoms. The Morgan fingerprint density at radius 1 is 1.43 bits per heavy atom. The van der Waals surface area contributed by atoms with E-state index in [1.807, 2.05) is 0 Å². The van der Waals surface area contributed by atoms with Crippen molar-refractivity contribution in [2.45, 2.75) is 46.1 Å². The highest BCUT2D eigenvalue weighted by Crippen LogP contribution is 2.18. The lowest BCUT2D eigenvalue weighted by Crippen LogP contribution is -2.44. The SMILES string of the molecule is CCCc1n[nH]c(=S)n1CC(=O)N1CCCC(C(=O)OCC)C1. The lowest BCUT2D eigenvalue weighted by Gasteiger charge is -2.31. The lowest BCUT2D eigenvalue weighted by atomic mass is 9.98. The summed E-state index contributed by atoms with van der Waals surface area (Å²) < 4.78 is 7.28. The maximum absolute atomic E-state index is 12.6. The summed E-state index contributed by atoms with van der Waals surface area (Å²) in [6.45, 7) is 5.47. The molecule has 0 aliphatic carbocycles. The van der Waals surface area contributed by atoms with Crippen LogP contribution in [0.2, 0.25) is 0 Å². The molecule has 2 rings (SSSR count). The molecule has 2 heterocycles. The second-order valence-electron chi connectivity index (χ2n) is 5.71. The summed E-state index contributed by atoms with van der Waals surface area (Å²) in [4.78, 5) is 26.2. The molecule has 128 valence electrons. The van der Waals surface area contributed by atoms with Crippen molar-refractivity contribution in [1.82, 2.24) is 19.7 Å². The fourth-order valence-electron chi connectivity index (χ4n) is 2.82. The highest BCUT2D eigenvalue weighted by atomic mass is 32.1. The van der Waals surface area contributed by atoms with Crippen LogP contribution in [0.3, 0.4) is 0 Å². The maximum Gasteiger partial charge on any atom is 0.310 e. The van der Waals surface area contributed by atoms with Gasteiger partial charge in [0.25, 0.3) is 0 Å². The second kappa shape index (κ2) is 8.24. The molecular formula is C15H24N4O3S. The van der Waals surface area contributed by atoms with E-state index in [1.165, 1.54) is 0 Å². The number of rotatable bonds is 6. The molecule has 1 aromatic rings. The molecule has 1 atom stereocenters. The van der Waals surface area contributed by atoms with Gasteiger partial charge >= 0.3 is 5.97 Å². The number of nitrogens with one attached hydrogen (secondary N) is 1. The smallest absolute Gasteiger partial charge is 0.310 e. The van der Waals surface area contributed by atoms with E-state index in [1.54, 1.807) is 16.4 Å². The Balaban J connectivity index is 2.02. The summed E-state index contributed by atoms with van der Waals surface area (Å²) in [5.74, 6) is 0.329. The first-order valence-electron chi connectivity index (χ1n) is 8.15. The van der Waals surface area contributed by atoms with E-state index in [0.29, 0.717) is 24.5 Å². The van der Waals surface area contributed by atoms with E-state index < -0.39 is 0 Å². The Morgan fingerprint density at radius 3 is 2.91 bits per heavy atom. The van der Waals surface area contributed by atoms with Crippen molar-refractivity contribution < 1.29 is 14.3 Å². The minimum absolute atomic E-state index is 0.0335. The van der Waals surface area contributed by atoms with Gasteiger partial charge in [-0.2, -0.15) is 5.10 Å². The minimum Gasteiger partial charge on any atom is -0.466 e. The first-order chi connectivity index (χ1) is 11.1. The number of piperidine rings is 1. The third kappa shape index (κ3) is 4.40. The Labute approximate surface area is 141 Å². The summed E-state index contributed by atoms with van der Waals surface area (Å²) in [6, 6.07) is 0. The van der Waals surface area contributed by atoms with Crippen LogP contribution in [0.1, 0.15) is 38.9 Å². The van der Waals surface area contributed by atoms with Gasteiger partial charge in [-0.1, -0.05) is 6.92 Å². The zero-order chi connectivity index (χ0) is 16.8. The Kier molecular flexibility index (Phi) is 6.32. The van der Waals surface area contributed by atoms with Gasteiger partial charge in [-0.25, -0.2) is 0 Å². The van der Waals surface area contributed by atoms with Crippen molar-refractivity contribution in [2.75, 3.05) is 19.7 Å². The van der Waals surface area contributed by atoms with E-state index in [4.69, 9.17) is 17.0 Å². The van der Waals surface area contributed by atoms with Crippen molar-refractivity contribution in [2.24, 2.45) is 5.92 Å². The molecule has 23 heavy (non-hydrogen) atoms. The van der Waals surface area contributed by atoms with Crippen LogP contribution in [0, 0.1) is 10.7 Å². The summed E-state index contributed by atoms with van der Waals surface area (Å²) in [5, 5.41) is 6.92. The van der Waals surface area contributed by atoms with Crippen LogP contribution in [-0.4, -0.2) is 51.2 Å². The number of hydrogen-bond acceptors (Lipinski definition) is 5. The number of carbonyl (C=O) groups excluding carboxylic acids is 2. The third-order valence-electron chi connectivity index (χ3n) is 4.00. The third-order valence-corrected chi connectivity index (χ3v) is 4.31. The molecule has 0 aromatic carbocycles. The molecule has 1 N–H and O–H groups in total. The molecule has 8 heteroatoms. The highest BCUT2D eigenvalue weighted by Gasteiger charge is 2.29. The van der Waals surface area contributed by atoms with Crippen LogP contribution >= 0.6 is 12.2 Å². The Hall–Kier alpha value is -1.70. The molecule has 1 amide bonds. The number of likely N-dealkylation sites (tertiary alicyclic amines) is 1. The zero-order valence-corrected chi connectivity index (χ0v) is 14.5. The number of hydrogen-bond donors (Lipinski definition) is 1. The van der Waals surface area contributed by atoms with E-state index in [0.717, 1.165) is 31.5 Å². The monoisotopic (exact) mass is 340 g/mol.